The molecular formula is C32H41N7O2. The monoisotopic (exact) mass is 555 g/mol. The van der Waals surface area contributed by atoms with Gasteiger partial charge in [0.2, 0.25) is 11.8 Å². The van der Waals surface area contributed by atoms with E-state index in [1.54, 1.807) is 14.2 Å². The van der Waals surface area contributed by atoms with Gasteiger partial charge in [0.15, 0.2) is 0 Å². The lowest BCUT2D eigenvalue weighted by Crippen LogP contribution is -2.32. The van der Waals surface area contributed by atoms with Gasteiger partial charge < -0.3 is 24.6 Å². The minimum Gasteiger partial charge on any atom is -0.481 e. The third-order valence-electron chi connectivity index (χ3n) is 8.70. The molecular weight excluding hydrogens is 514 g/mol. The van der Waals surface area contributed by atoms with E-state index in [1.807, 2.05) is 36.7 Å². The van der Waals surface area contributed by atoms with Gasteiger partial charge in [-0.15, -0.1) is 0 Å². The van der Waals surface area contributed by atoms with Crippen molar-refractivity contribution in [1.29, 1.82) is 0 Å². The Morgan fingerprint density at radius 2 is 1.20 bits per heavy atom. The fraction of sp³-hybridized carbons (Fsp3) is 0.500. The Hall–Kier alpha value is -3.40. The van der Waals surface area contributed by atoms with Crippen molar-refractivity contribution in [3.63, 3.8) is 0 Å². The second-order valence-corrected chi connectivity index (χ2v) is 11.5. The van der Waals surface area contributed by atoms with Crippen LogP contribution in [0.5, 0.6) is 11.8 Å². The van der Waals surface area contributed by atoms with Gasteiger partial charge in [-0.1, -0.05) is 0 Å². The zero-order valence-corrected chi connectivity index (χ0v) is 24.3. The summed E-state index contributed by atoms with van der Waals surface area (Å²) in [6.45, 7) is 9.02. The van der Waals surface area contributed by atoms with Crippen molar-refractivity contribution < 1.29 is 9.47 Å². The summed E-state index contributed by atoms with van der Waals surface area (Å²) < 4.78 is 10.7. The van der Waals surface area contributed by atoms with Crippen LogP contribution in [-0.4, -0.2) is 96.3 Å². The van der Waals surface area contributed by atoms with E-state index >= 15 is 0 Å². The molecule has 6 heterocycles. The highest BCUT2D eigenvalue weighted by atomic mass is 16.5. The first-order chi connectivity index (χ1) is 20.2. The summed E-state index contributed by atoms with van der Waals surface area (Å²) in [6, 6.07) is 11.9. The van der Waals surface area contributed by atoms with Crippen LogP contribution in [0.1, 0.15) is 24.0 Å². The third kappa shape index (κ3) is 6.74. The lowest BCUT2D eigenvalue weighted by Gasteiger charge is -2.18. The summed E-state index contributed by atoms with van der Waals surface area (Å²) >= 11 is 0. The number of aromatic nitrogens is 4. The molecule has 0 radical (unpaired) electrons. The summed E-state index contributed by atoms with van der Waals surface area (Å²) in [5, 5.41) is 3.81. The zero-order chi connectivity index (χ0) is 28.0. The SMILES string of the molecule is COc1ccc2nccc(CCN3CC[C@@H](CNC[C@@H]4CCN(CCc5ccnc6ccc(OC)nc56)C4)C3)c2n1. The normalized spacial score (nSPS) is 19.9. The Balaban J connectivity index is 0.911. The van der Waals surface area contributed by atoms with Crippen LogP contribution in [0.25, 0.3) is 22.1 Å². The number of hydrogen-bond acceptors (Lipinski definition) is 9. The van der Waals surface area contributed by atoms with Crippen LogP contribution in [0.2, 0.25) is 0 Å². The van der Waals surface area contributed by atoms with Gasteiger partial charge in [-0.05, 0) is 99.1 Å². The van der Waals surface area contributed by atoms with Crippen molar-refractivity contribution >= 4 is 22.1 Å². The molecule has 9 heteroatoms. The first kappa shape index (κ1) is 27.8. The van der Waals surface area contributed by atoms with Gasteiger partial charge in [0.05, 0.1) is 36.3 Å². The highest BCUT2D eigenvalue weighted by Gasteiger charge is 2.25. The van der Waals surface area contributed by atoms with Crippen LogP contribution in [0.4, 0.5) is 0 Å². The Bertz CT molecular complexity index is 1360. The molecule has 0 spiro atoms. The number of pyridine rings is 4. The molecule has 6 rings (SSSR count). The minimum atomic E-state index is 0.644. The van der Waals surface area contributed by atoms with Crippen LogP contribution < -0.4 is 14.8 Å². The van der Waals surface area contributed by atoms with Crippen molar-refractivity contribution in [2.24, 2.45) is 11.8 Å². The van der Waals surface area contributed by atoms with E-state index in [9.17, 15) is 0 Å². The average Bonchev–Trinajstić information content (AvgIpc) is 3.67. The molecule has 0 saturated carbocycles. The molecule has 4 aromatic rings. The number of hydrogen-bond donors (Lipinski definition) is 1. The Morgan fingerprint density at radius 1 is 0.707 bits per heavy atom. The maximum Gasteiger partial charge on any atom is 0.213 e. The molecule has 2 aliphatic rings. The van der Waals surface area contributed by atoms with Crippen LogP contribution in [0, 0.1) is 11.8 Å². The van der Waals surface area contributed by atoms with Gasteiger partial charge in [0, 0.05) is 50.7 Å². The number of likely N-dealkylation sites (tertiary alicyclic amines) is 2. The van der Waals surface area contributed by atoms with Gasteiger partial charge in [0.25, 0.3) is 0 Å². The molecule has 2 atom stereocenters. The van der Waals surface area contributed by atoms with Gasteiger partial charge in [0.1, 0.15) is 0 Å². The van der Waals surface area contributed by atoms with Crippen molar-refractivity contribution in [3.05, 3.63) is 59.9 Å². The predicted octanol–water partition coefficient (Wildman–Crippen LogP) is 3.61. The Kier molecular flexibility index (Phi) is 8.84. The minimum absolute atomic E-state index is 0.644. The van der Waals surface area contributed by atoms with E-state index in [0.29, 0.717) is 11.8 Å². The first-order valence-electron chi connectivity index (χ1n) is 14.9. The highest BCUT2D eigenvalue weighted by Crippen LogP contribution is 2.23. The number of ether oxygens (including phenoxy) is 2. The quantitative estimate of drug-likeness (QED) is 0.282. The van der Waals surface area contributed by atoms with E-state index in [-0.39, 0.29) is 0 Å². The van der Waals surface area contributed by atoms with Crippen LogP contribution in [0.15, 0.2) is 48.8 Å². The van der Waals surface area contributed by atoms with E-state index in [2.05, 4.69) is 47.2 Å². The van der Waals surface area contributed by atoms with Gasteiger partial charge in [-0.3, -0.25) is 9.97 Å². The molecule has 0 unspecified atom stereocenters. The summed E-state index contributed by atoms with van der Waals surface area (Å²) in [5.74, 6) is 2.74. The smallest absolute Gasteiger partial charge is 0.213 e. The van der Waals surface area contributed by atoms with Crippen molar-refractivity contribution in [1.82, 2.24) is 35.1 Å². The second-order valence-electron chi connectivity index (χ2n) is 11.5. The fourth-order valence-electron chi connectivity index (χ4n) is 6.37. The summed E-state index contributed by atoms with van der Waals surface area (Å²) in [4.78, 5) is 23.5. The molecule has 2 saturated heterocycles. The number of rotatable bonds is 12. The molecule has 2 fully saturated rings. The Morgan fingerprint density at radius 3 is 1.66 bits per heavy atom. The molecule has 1 N–H and O–H groups in total. The predicted molar refractivity (Wildman–Crippen MR) is 162 cm³/mol. The van der Waals surface area contributed by atoms with E-state index in [0.717, 1.165) is 72.9 Å². The first-order valence-corrected chi connectivity index (χ1v) is 14.9. The topological polar surface area (TPSA) is 88.5 Å². The molecule has 2 aliphatic heterocycles. The van der Waals surface area contributed by atoms with Crippen LogP contribution >= 0.6 is 0 Å². The summed E-state index contributed by atoms with van der Waals surface area (Å²) in [5.41, 5.74) is 6.27. The average molecular weight is 556 g/mol. The maximum absolute atomic E-state index is 5.33. The molecule has 0 aliphatic carbocycles. The van der Waals surface area contributed by atoms with Crippen molar-refractivity contribution in [3.8, 4) is 11.8 Å². The summed E-state index contributed by atoms with van der Waals surface area (Å²) in [7, 11) is 3.32. The lowest BCUT2D eigenvalue weighted by molar-refractivity contribution is 0.316. The van der Waals surface area contributed by atoms with Gasteiger partial charge in [-0.2, -0.15) is 0 Å². The van der Waals surface area contributed by atoms with Crippen molar-refractivity contribution in [2.45, 2.75) is 25.7 Å². The molecule has 0 bridgehead atoms. The molecule has 9 nitrogen and oxygen atoms in total. The number of nitrogens with one attached hydrogen (secondary N) is 1. The molecule has 41 heavy (non-hydrogen) atoms. The van der Waals surface area contributed by atoms with E-state index < -0.39 is 0 Å². The van der Waals surface area contributed by atoms with Crippen molar-refractivity contribution in [2.75, 3.05) is 66.6 Å². The lowest BCUT2D eigenvalue weighted by atomic mass is 10.1. The molecule has 4 aromatic heterocycles. The van der Waals surface area contributed by atoms with Gasteiger partial charge in [-0.25, -0.2) is 9.97 Å². The summed E-state index contributed by atoms with van der Waals surface area (Å²) in [6.07, 6.45) is 8.29. The molecule has 0 aromatic carbocycles. The van der Waals surface area contributed by atoms with Gasteiger partial charge >= 0.3 is 0 Å². The van der Waals surface area contributed by atoms with Crippen LogP contribution in [0.3, 0.4) is 0 Å². The number of nitrogens with zero attached hydrogens (tertiary/aromatic N) is 6. The largest absolute Gasteiger partial charge is 0.481 e. The maximum atomic E-state index is 5.33. The Labute approximate surface area is 242 Å². The molecule has 0 amide bonds. The third-order valence-corrected chi connectivity index (χ3v) is 8.70. The van der Waals surface area contributed by atoms with E-state index in [1.165, 1.54) is 50.1 Å². The van der Waals surface area contributed by atoms with E-state index in [4.69, 9.17) is 9.47 Å². The number of fused-ring (bicyclic) bond motifs is 2. The zero-order valence-electron chi connectivity index (χ0n) is 24.3. The molecule has 216 valence electrons. The van der Waals surface area contributed by atoms with Crippen LogP contribution in [-0.2, 0) is 12.8 Å². The standard InChI is InChI=1S/C32H41N7O2/c1-40-29-5-3-27-31(36-29)25(7-13-34-27)11-17-38-15-9-23(21-38)19-33-20-24-10-16-39(22-24)18-12-26-8-14-35-28-4-6-30(41-2)37-32(26)28/h3-8,13-14,23-24,33H,9-12,15-22H2,1-2H3/t23-,24-/m0/s1. The number of methoxy groups -OCH3 is 2. The fourth-order valence-corrected chi connectivity index (χ4v) is 6.37. The highest BCUT2D eigenvalue weighted by molar-refractivity contribution is 5.79. The second kappa shape index (κ2) is 13.1.